The van der Waals surface area contributed by atoms with Crippen molar-refractivity contribution in [3.63, 3.8) is 0 Å². The lowest BCUT2D eigenvalue weighted by Gasteiger charge is -2.10. The molecule has 0 aliphatic carbocycles. The van der Waals surface area contributed by atoms with Crippen LogP contribution in [0.3, 0.4) is 0 Å². The van der Waals surface area contributed by atoms with Gasteiger partial charge in [0.1, 0.15) is 5.75 Å². The van der Waals surface area contributed by atoms with Gasteiger partial charge in [-0.3, -0.25) is 4.98 Å². The molecule has 0 saturated carbocycles. The maximum Gasteiger partial charge on any atom is 0.248 e. The molecule has 6 nitrogen and oxygen atoms in total. The molecular formula is C24H20N4O2. The molecule has 0 N–H and O–H groups in total. The highest BCUT2D eigenvalue weighted by Crippen LogP contribution is 2.32. The molecule has 5 aromatic rings. The van der Waals surface area contributed by atoms with Crippen LogP contribution < -0.4 is 4.74 Å². The van der Waals surface area contributed by atoms with Crippen molar-refractivity contribution in [2.45, 2.75) is 13.2 Å². The van der Waals surface area contributed by atoms with E-state index in [1.54, 1.807) is 6.20 Å². The largest absolute Gasteiger partial charge is 0.437 e. The van der Waals surface area contributed by atoms with Crippen LogP contribution >= 0.6 is 0 Å². The molecule has 148 valence electrons. The second-order valence-electron chi connectivity index (χ2n) is 6.86. The molecule has 0 saturated heterocycles. The van der Waals surface area contributed by atoms with Gasteiger partial charge in [0.05, 0.1) is 36.3 Å². The third-order valence-corrected chi connectivity index (χ3v) is 4.83. The Morgan fingerprint density at radius 2 is 1.67 bits per heavy atom. The standard InChI is InChI=1S/C24H20N4O2/c1-2-9-19(10-3-1)30-24-22-23(20-11-4-5-12-21(20)27-24)28(17-26-22)14-15-29-16-18-8-6-7-13-25-18/h1-13,17H,14-16H2. The number of fused-ring (bicyclic) bond motifs is 3. The highest BCUT2D eigenvalue weighted by molar-refractivity contribution is 6.04. The van der Waals surface area contributed by atoms with Gasteiger partial charge in [-0.2, -0.15) is 0 Å². The summed E-state index contributed by atoms with van der Waals surface area (Å²) in [5, 5.41) is 1.04. The molecule has 0 amide bonds. The number of ether oxygens (including phenoxy) is 2. The minimum absolute atomic E-state index is 0.484. The maximum atomic E-state index is 6.07. The van der Waals surface area contributed by atoms with Gasteiger partial charge >= 0.3 is 0 Å². The van der Waals surface area contributed by atoms with E-state index in [2.05, 4.69) is 20.6 Å². The zero-order valence-electron chi connectivity index (χ0n) is 16.3. The molecule has 0 atom stereocenters. The summed E-state index contributed by atoms with van der Waals surface area (Å²) in [7, 11) is 0. The van der Waals surface area contributed by atoms with Crippen LogP contribution in [0.25, 0.3) is 21.9 Å². The van der Waals surface area contributed by atoms with Crippen molar-refractivity contribution in [1.82, 2.24) is 19.5 Å². The van der Waals surface area contributed by atoms with Crippen LogP contribution in [0.1, 0.15) is 5.69 Å². The average Bonchev–Trinajstić information content (AvgIpc) is 3.23. The van der Waals surface area contributed by atoms with Crippen LogP contribution in [0.15, 0.2) is 85.3 Å². The zero-order chi connectivity index (χ0) is 20.2. The maximum absolute atomic E-state index is 6.07. The number of hydrogen-bond donors (Lipinski definition) is 0. The summed E-state index contributed by atoms with van der Waals surface area (Å²) in [5.74, 6) is 1.23. The summed E-state index contributed by atoms with van der Waals surface area (Å²) in [4.78, 5) is 13.6. The first-order valence-electron chi connectivity index (χ1n) is 9.82. The number of benzene rings is 2. The SMILES string of the molecule is c1ccc(Oc2nc3ccccc3c3c2ncn3CCOCc2ccccn2)cc1. The van der Waals surface area contributed by atoms with Gasteiger partial charge in [0, 0.05) is 18.1 Å². The van der Waals surface area contributed by atoms with Crippen molar-refractivity contribution >= 4 is 21.9 Å². The van der Waals surface area contributed by atoms with Crippen LogP contribution in [0.5, 0.6) is 11.6 Å². The van der Waals surface area contributed by atoms with Gasteiger partial charge in [-0.15, -0.1) is 0 Å². The molecule has 0 aliphatic heterocycles. The lowest BCUT2D eigenvalue weighted by Crippen LogP contribution is -2.06. The van der Waals surface area contributed by atoms with E-state index in [4.69, 9.17) is 14.5 Å². The molecular weight excluding hydrogens is 376 g/mol. The third kappa shape index (κ3) is 3.73. The summed E-state index contributed by atoms with van der Waals surface area (Å²) in [5.41, 5.74) is 3.52. The molecule has 0 spiro atoms. The Bertz CT molecular complexity index is 1270. The van der Waals surface area contributed by atoms with E-state index in [1.807, 2.05) is 73.1 Å². The van der Waals surface area contributed by atoms with Crippen LogP contribution in [-0.2, 0) is 17.9 Å². The average molecular weight is 396 g/mol. The number of rotatable bonds is 7. The van der Waals surface area contributed by atoms with E-state index in [1.165, 1.54) is 0 Å². The van der Waals surface area contributed by atoms with Gasteiger partial charge in [-0.05, 0) is 30.3 Å². The number of imidazole rings is 1. The second kappa shape index (κ2) is 8.31. The molecule has 6 heteroatoms. The predicted molar refractivity (Wildman–Crippen MR) is 115 cm³/mol. The van der Waals surface area contributed by atoms with Gasteiger partial charge in [0.2, 0.25) is 5.88 Å². The minimum atomic E-state index is 0.484. The number of pyridine rings is 2. The summed E-state index contributed by atoms with van der Waals surface area (Å²) in [6, 6.07) is 23.5. The van der Waals surface area contributed by atoms with Crippen molar-refractivity contribution in [1.29, 1.82) is 0 Å². The van der Waals surface area contributed by atoms with Gasteiger partial charge in [0.25, 0.3) is 0 Å². The second-order valence-corrected chi connectivity index (χ2v) is 6.86. The summed E-state index contributed by atoms with van der Waals surface area (Å²) >= 11 is 0. The van der Waals surface area contributed by atoms with Crippen molar-refractivity contribution < 1.29 is 9.47 Å². The fourth-order valence-electron chi connectivity index (χ4n) is 3.42. The van der Waals surface area contributed by atoms with E-state index in [-0.39, 0.29) is 0 Å². The minimum Gasteiger partial charge on any atom is -0.437 e. The van der Waals surface area contributed by atoms with Crippen molar-refractivity contribution in [2.24, 2.45) is 0 Å². The van der Waals surface area contributed by atoms with Gasteiger partial charge in [-0.1, -0.05) is 42.5 Å². The fraction of sp³-hybridized carbons (Fsp3) is 0.125. The molecule has 0 fully saturated rings. The highest BCUT2D eigenvalue weighted by atomic mass is 16.5. The van der Waals surface area contributed by atoms with Gasteiger partial charge < -0.3 is 14.0 Å². The Morgan fingerprint density at radius 3 is 2.53 bits per heavy atom. The molecule has 0 radical (unpaired) electrons. The number of hydrogen-bond acceptors (Lipinski definition) is 5. The van der Waals surface area contributed by atoms with E-state index < -0.39 is 0 Å². The van der Waals surface area contributed by atoms with E-state index in [9.17, 15) is 0 Å². The molecule has 3 heterocycles. The van der Waals surface area contributed by atoms with Crippen LogP contribution in [0.2, 0.25) is 0 Å². The molecule has 0 bridgehead atoms. The third-order valence-electron chi connectivity index (χ3n) is 4.83. The van der Waals surface area contributed by atoms with Crippen LogP contribution in [0.4, 0.5) is 0 Å². The summed E-state index contributed by atoms with van der Waals surface area (Å²) in [6.45, 7) is 1.70. The monoisotopic (exact) mass is 396 g/mol. The zero-order valence-corrected chi connectivity index (χ0v) is 16.3. The molecule has 3 aromatic heterocycles. The normalized spacial score (nSPS) is 11.2. The van der Waals surface area contributed by atoms with Crippen LogP contribution in [-0.4, -0.2) is 26.1 Å². The van der Waals surface area contributed by atoms with Crippen molar-refractivity contribution in [3.05, 3.63) is 91.0 Å². The first-order valence-corrected chi connectivity index (χ1v) is 9.82. The first kappa shape index (κ1) is 18.3. The van der Waals surface area contributed by atoms with E-state index in [0.717, 1.165) is 33.4 Å². The van der Waals surface area contributed by atoms with Crippen LogP contribution in [0, 0.1) is 0 Å². The highest BCUT2D eigenvalue weighted by Gasteiger charge is 2.15. The molecule has 5 rings (SSSR count). The quantitative estimate of drug-likeness (QED) is 0.363. The van der Waals surface area contributed by atoms with Crippen molar-refractivity contribution in [2.75, 3.05) is 6.61 Å². The summed E-state index contributed by atoms with van der Waals surface area (Å²) < 4.78 is 14.0. The fourth-order valence-corrected chi connectivity index (χ4v) is 3.42. The van der Waals surface area contributed by atoms with Gasteiger partial charge in [-0.25, -0.2) is 9.97 Å². The lowest BCUT2D eigenvalue weighted by atomic mass is 10.2. The Hall–Kier alpha value is -3.77. The molecule has 0 aliphatic rings. The predicted octanol–water partition coefficient (Wildman–Crippen LogP) is 4.99. The summed E-state index contributed by atoms with van der Waals surface area (Å²) in [6.07, 6.45) is 3.59. The van der Waals surface area contributed by atoms with Crippen molar-refractivity contribution in [3.8, 4) is 11.6 Å². The Labute approximate surface area is 173 Å². The Kier molecular flexibility index (Phi) is 5.06. The molecule has 0 unspecified atom stereocenters. The number of aromatic nitrogens is 4. The first-order chi connectivity index (χ1) is 14.9. The number of nitrogens with zero attached hydrogens (tertiary/aromatic N) is 4. The Balaban J connectivity index is 1.44. The molecule has 30 heavy (non-hydrogen) atoms. The van der Waals surface area contributed by atoms with E-state index >= 15 is 0 Å². The Morgan fingerprint density at radius 1 is 0.833 bits per heavy atom. The lowest BCUT2D eigenvalue weighted by molar-refractivity contribution is 0.111. The smallest absolute Gasteiger partial charge is 0.248 e. The topological polar surface area (TPSA) is 62.1 Å². The molecule has 2 aromatic carbocycles. The number of para-hydroxylation sites is 2. The van der Waals surface area contributed by atoms with Gasteiger partial charge in [0.15, 0.2) is 5.52 Å². The van der Waals surface area contributed by atoms with E-state index in [0.29, 0.717) is 25.6 Å².